The van der Waals surface area contributed by atoms with Crippen LogP contribution in [0.25, 0.3) is 11.0 Å². The van der Waals surface area contributed by atoms with Gasteiger partial charge in [-0.15, -0.1) is 0 Å². The van der Waals surface area contributed by atoms with Gasteiger partial charge in [0.15, 0.2) is 17.3 Å². The minimum absolute atomic E-state index is 0.260. The molecule has 132 valence electrons. The molecule has 0 amide bonds. The molecule has 2 aromatic heterocycles. The van der Waals surface area contributed by atoms with Gasteiger partial charge in [-0.25, -0.2) is 0 Å². The number of aromatic nitrogens is 3. The first-order valence-electron chi connectivity index (χ1n) is 8.12. The van der Waals surface area contributed by atoms with Crippen molar-refractivity contribution in [1.82, 2.24) is 15.0 Å². The van der Waals surface area contributed by atoms with Gasteiger partial charge in [0, 0.05) is 16.7 Å². The van der Waals surface area contributed by atoms with Gasteiger partial charge in [0.05, 0.1) is 36.6 Å². The van der Waals surface area contributed by atoms with E-state index in [1.54, 1.807) is 13.3 Å². The van der Waals surface area contributed by atoms with Crippen molar-refractivity contribution >= 4 is 22.2 Å². The number of imidazole rings is 1. The number of hydrogen-bond acceptors (Lipinski definition) is 5. The molecule has 3 rings (SSSR count). The Balaban J connectivity index is 1.84. The van der Waals surface area contributed by atoms with E-state index in [1.165, 1.54) is 0 Å². The van der Waals surface area contributed by atoms with E-state index in [2.05, 4.69) is 15.0 Å². The number of aromatic amines is 1. The van der Waals surface area contributed by atoms with Crippen molar-refractivity contribution < 1.29 is 14.0 Å². The molecule has 25 heavy (non-hydrogen) atoms. The van der Waals surface area contributed by atoms with Crippen LogP contribution in [0.2, 0.25) is 0 Å². The van der Waals surface area contributed by atoms with E-state index in [9.17, 15) is 4.55 Å². The van der Waals surface area contributed by atoms with Crippen LogP contribution in [0.15, 0.2) is 35.6 Å². The van der Waals surface area contributed by atoms with E-state index in [0.29, 0.717) is 29.0 Å². The number of nitrogens with zero attached hydrogens (tertiary/aromatic N) is 2. The van der Waals surface area contributed by atoms with Gasteiger partial charge in [-0.1, -0.05) is 19.1 Å². The molecule has 0 aliphatic carbocycles. The van der Waals surface area contributed by atoms with Crippen LogP contribution < -0.4 is 9.47 Å². The molecular weight excluding hydrogens is 338 g/mol. The van der Waals surface area contributed by atoms with Crippen LogP contribution in [0.1, 0.15) is 24.6 Å². The van der Waals surface area contributed by atoms with Crippen molar-refractivity contribution in [2.75, 3.05) is 13.7 Å². The molecule has 0 saturated carbocycles. The Morgan fingerprint density at radius 3 is 2.80 bits per heavy atom. The molecule has 0 spiro atoms. The zero-order chi connectivity index (χ0) is 17.8. The summed E-state index contributed by atoms with van der Waals surface area (Å²) in [4.78, 5) is 11.9. The highest BCUT2D eigenvalue weighted by Crippen LogP contribution is 2.32. The van der Waals surface area contributed by atoms with Gasteiger partial charge in [-0.3, -0.25) is 9.97 Å². The van der Waals surface area contributed by atoms with E-state index in [4.69, 9.17) is 9.47 Å². The summed E-state index contributed by atoms with van der Waals surface area (Å²) >= 11 is -1.33. The largest absolute Gasteiger partial charge is 0.609 e. The fraction of sp³-hybridized carbons (Fsp3) is 0.333. The molecule has 1 aromatic carbocycles. The summed E-state index contributed by atoms with van der Waals surface area (Å²) in [5.74, 6) is 1.51. The Bertz CT molecular complexity index is 833. The smallest absolute Gasteiger partial charge is 0.322 e. The fourth-order valence-electron chi connectivity index (χ4n) is 2.55. The third-order valence-corrected chi connectivity index (χ3v) is 5.01. The van der Waals surface area contributed by atoms with Crippen LogP contribution in [0.4, 0.5) is 0 Å². The number of methoxy groups -OCH3 is 1. The highest BCUT2D eigenvalue weighted by molar-refractivity contribution is 7.90. The minimum Gasteiger partial charge on any atom is -0.609 e. The summed E-state index contributed by atoms with van der Waals surface area (Å²) in [6.07, 6.45) is 2.53. The lowest BCUT2D eigenvalue weighted by atomic mass is 10.2. The number of para-hydroxylation sites is 2. The summed E-state index contributed by atoms with van der Waals surface area (Å²) < 4.78 is 23.8. The third-order valence-electron chi connectivity index (χ3n) is 3.85. The lowest BCUT2D eigenvalue weighted by molar-refractivity contribution is 0.291. The first-order valence-corrected chi connectivity index (χ1v) is 9.44. The van der Waals surface area contributed by atoms with Crippen molar-refractivity contribution in [3.8, 4) is 11.5 Å². The maximum atomic E-state index is 12.7. The Hall–Kier alpha value is -2.25. The molecule has 7 heteroatoms. The van der Waals surface area contributed by atoms with Crippen LogP contribution in [-0.2, 0) is 16.9 Å². The lowest BCUT2D eigenvalue weighted by Gasteiger charge is -2.15. The molecule has 6 nitrogen and oxygen atoms in total. The van der Waals surface area contributed by atoms with Gasteiger partial charge < -0.3 is 14.0 Å². The summed E-state index contributed by atoms with van der Waals surface area (Å²) in [6.45, 7) is 4.54. The number of H-pyrrole nitrogens is 1. The van der Waals surface area contributed by atoms with Gasteiger partial charge in [0.25, 0.3) is 0 Å². The van der Waals surface area contributed by atoms with Gasteiger partial charge in [-0.2, -0.15) is 4.98 Å². The standard InChI is InChI=1S/C18H21N3O3S/c1-4-9-24-16-10-19-15(12(2)17(16)23-3)11-25(22)18-20-13-7-5-6-8-14(13)21-18/h5-8,10H,4,9,11H2,1-3H3,(H,20,21). The topological polar surface area (TPSA) is 83.1 Å². The Kier molecular flexibility index (Phi) is 5.45. The quantitative estimate of drug-likeness (QED) is 0.654. The molecule has 0 bridgehead atoms. The second kappa shape index (κ2) is 7.76. The fourth-order valence-corrected chi connectivity index (χ4v) is 3.65. The monoisotopic (exact) mass is 359 g/mol. The van der Waals surface area contributed by atoms with E-state index in [0.717, 1.165) is 23.0 Å². The zero-order valence-corrected chi connectivity index (χ0v) is 15.4. The van der Waals surface area contributed by atoms with E-state index < -0.39 is 11.2 Å². The highest BCUT2D eigenvalue weighted by Gasteiger charge is 2.22. The second-order valence-corrected chi connectivity index (χ2v) is 6.99. The first-order chi connectivity index (χ1) is 12.1. The van der Waals surface area contributed by atoms with E-state index >= 15 is 0 Å². The van der Waals surface area contributed by atoms with Crippen molar-refractivity contribution in [2.45, 2.75) is 31.2 Å². The van der Waals surface area contributed by atoms with Crippen molar-refractivity contribution in [3.63, 3.8) is 0 Å². The van der Waals surface area contributed by atoms with Crippen LogP contribution in [0.3, 0.4) is 0 Å². The van der Waals surface area contributed by atoms with E-state index in [-0.39, 0.29) is 5.75 Å². The third kappa shape index (κ3) is 3.72. The molecule has 0 aliphatic rings. The summed E-state index contributed by atoms with van der Waals surface area (Å²) in [6, 6.07) is 7.62. The zero-order valence-electron chi connectivity index (χ0n) is 14.5. The molecule has 2 heterocycles. The summed E-state index contributed by atoms with van der Waals surface area (Å²) in [5, 5.41) is 0.452. The lowest BCUT2D eigenvalue weighted by Crippen LogP contribution is -2.11. The van der Waals surface area contributed by atoms with Crippen molar-refractivity contribution in [1.29, 1.82) is 0 Å². The molecule has 1 N–H and O–H groups in total. The van der Waals surface area contributed by atoms with Gasteiger partial charge in [-0.05, 0) is 25.5 Å². The normalized spacial score (nSPS) is 12.3. The second-order valence-electron chi connectivity index (χ2n) is 5.62. The van der Waals surface area contributed by atoms with Gasteiger partial charge in [0.2, 0.25) is 0 Å². The molecule has 0 saturated heterocycles. The molecule has 0 fully saturated rings. The van der Waals surface area contributed by atoms with Gasteiger partial charge in [0.1, 0.15) is 0 Å². The predicted molar refractivity (Wildman–Crippen MR) is 97.5 cm³/mol. The molecule has 1 atom stereocenters. The van der Waals surface area contributed by atoms with E-state index in [1.807, 2.05) is 38.1 Å². The number of pyridine rings is 1. The molecule has 1 unspecified atom stereocenters. The maximum Gasteiger partial charge on any atom is 0.322 e. The molecule has 0 aliphatic heterocycles. The van der Waals surface area contributed by atoms with Crippen LogP contribution >= 0.6 is 0 Å². The van der Waals surface area contributed by atoms with Crippen LogP contribution in [0, 0.1) is 6.92 Å². The number of ether oxygens (including phenoxy) is 2. The SMILES string of the molecule is CCCOc1cnc(C[S+]([O-])c2nc3ccccc3[nH]2)c(C)c1OC. The average molecular weight is 359 g/mol. The first kappa shape index (κ1) is 17.6. The Morgan fingerprint density at radius 1 is 1.28 bits per heavy atom. The highest BCUT2D eigenvalue weighted by atomic mass is 32.2. The molecule has 3 aromatic rings. The minimum atomic E-state index is -1.33. The number of nitrogens with one attached hydrogen (secondary N) is 1. The van der Waals surface area contributed by atoms with Crippen molar-refractivity contribution in [2.24, 2.45) is 0 Å². The number of hydrogen-bond donors (Lipinski definition) is 1. The Labute approximate surface area is 149 Å². The molecule has 0 radical (unpaired) electrons. The number of rotatable bonds is 7. The van der Waals surface area contributed by atoms with Crippen LogP contribution in [-0.4, -0.2) is 33.2 Å². The summed E-state index contributed by atoms with van der Waals surface area (Å²) in [5.41, 5.74) is 3.22. The molecular formula is C18H21N3O3S. The predicted octanol–water partition coefficient (Wildman–Crippen LogP) is 3.37. The van der Waals surface area contributed by atoms with Crippen LogP contribution in [0.5, 0.6) is 11.5 Å². The maximum absolute atomic E-state index is 12.7. The number of benzene rings is 1. The number of fused-ring (bicyclic) bond motifs is 1. The van der Waals surface area contributed by atoms with Crippen molar-refractivity contribution in [3.05, 3.63) is 41.7 Å². The summed E-state index contributed by atoms with van der Waals surface area (Å²) in [7, 11) is 1.60. The van der Waals surface area contributed by atoms with Gasteiger partial charge >= 0.3 is 5.16 Å². The average Bonchev–Trinajstić information content (AvgIpc) is 3.06. The Morgan fingerprint density at radius 2 is 2.08 bits per heavy atom.